The average molecular weight is 243 g/mol. The van der Waals surface area contributed by atoms with Crippen molar-refractivity contribution >= 4 is 15.9 Å². The second-order valence-corrected chi connectivity index (χ2v) is 3.34. The Balaban J connectivity index is 2.63. The van der Waals surface area contributed by atoms with Gasteiger partial charge in [-0.25, -0.2) is 0 Å². The van der Waals surface area contributed by atoms with Crippen LogP contribution in [0.3, 0.4) is 0 Å². The van der Waals surface area contributed by atoms with Crippen molar-refractivity contribution in [3.8, 4) is 0 Å². The van der Waals surface area contributed by atoms with E-state index < -0.39 is 30.7 Å². The van der Waals surface area contributed by atoms with Gasteiger partial charge in [0.25, 0.3) is 0 Å². The molecule has 0 aromatic heterocycles. The lowest BCUT2D eigenvalue weighted by Gasteiger charge is -2.37. The first-order valence-corrected chi connectivity index (χ1v) is 4.63. The van der Waals surface area contributed by atoms with Crippen LogP contribution in [0.25, 0.3) is 0 Å². The maximum atomic E-state index is 9.25. The number of aliphatic hydroxyl groups is 4. The van der Waals surface area contributed by atoms with Crippen LogP contribution in [0, 0.1) is 0 Å². The predicted molar refractivity (Wildman–Crippen MR) is 42.7 cm³/mol. The van der Waals surface area contributed by atoms with Crippen molar-refractivity contribution in [2.24, 2.45) is 0 Å². The van der Waals surface area contributed by atoms with E-state index in [1.54, 1.807) is 0 Å². The Morgan fingerprint density at radius 3 is 2.08 bits per heavy atom. The monoisotopic (exact) mass is 242 g/mol. The van der Waals surface area contributed by atoms with Gasteiger partial charge in [-0.15, -0.1) is 0 Å². The zero-order valence-corrected chi connectivity index (χ0v) is 7.75. The zero-order chi connectivity index (χ0) is 9.30. The van der Waals surface area contributed by atoms with Crippen LogP contribution in [0.5, 0.6) is 0 Å². The molecule has 1 rings (SSSR count). The maximum Gasteiger partial charge on any atom is 0.183 e. The van der Waals surface area contributed by atoms with E-state index in [1.807, 2.05) is 0 Å². The van der Waals surface area contributed by atoms with Gasteiger partial charge in [0.05, 0.1) is 6.10 Å². The molecular weight excluding hydrogens is 232 g/mol. The van der Waals surface area contributed by atoms with Crippen LogP contribution in [0.4, 0.5) is 0 Å². The van der Waals surface area contributed by atoms with Gasteiger partial charge < -0.3 is 25.2 Å². The lowest BCUT2D eigenvalue weighted by Crippen LogP contribution is -2.57. The molecule has 1 heterocycles. The molecule has 0 radical (unpaired) electrons. The van der Waals surface area contributed by atoms with Gasteiger partial charge in [-0.1, -0.05) is 15.9 Å². The van der Waals surface area contributed by atoms with E-state index in [1.165, 1.54) is 0 Å². The quantitative estimate of drug-likeness (QED) is 0.407. The lowest BCUT2D eigenvalue weighted by atomic mass is 10.0. The van der Waals surface area contributed by atoms with Crippen LogP contribution in [0.1, 0.15) is 0 Å². The summed E-state index contributed by atoms with van der Waals surface area (Å²) in [6.45, 7) is 0. The summed E-state index contributed by atoms with van der Waals surface area (Å²) in [7, 11) is 0. The minimum Gasteiger partial charge on any atom is -0.388 e. The second-order valence-electron chi connectivity index (χ2n) is 2.69. The fourth-order valence-electron chi connectivity index (χ4n) is 1.06. The van der Waals surface area contributed by atoms with E-state index in [2.05, 4.69) is 15.9 Å². The number of ether oxygens (including phenoxy) is 1. The van der Waals surface area contributed by atoms with E-state index in [9.17, 15) is 5.11 Å². The van der Waals surface area contributed by atoms with Gasteiger partial charge in [0.1, 0.15) is 18.3 Å². The summed E-state index contributed by atoms with van der Waals surface area (Å²) in [4.78, 5) is 0. The van der Waals surface area contributed by atoms with Crippen molar-refractivity contribution in [3.63, 3.8) is 0 Å². The number of aliphatic hydroxyl groups excluding tert-OH is 4. The van der Waals surface area contributed by atoms with Crippen LogP contribution in [-0.4, -0.2) is 56.5 Å². The van der Waals surface area contributed by atoms with Gasteiger partial charge in [-0.2, -0.15) is 0 Å². The summed E-state index contributed by atoms with van der Waals surface area (Å²) in [5.74, 6) is 0. The highest BCUT2D eigenvalue weighted by atomic mass is 79.9. The van der Waals surface area contributed by atoms with Crippen molar-refractivity contribution < 1.29 is 25.2 Å². The van der Waals surface area contributed by atoms with E-state index in [0.717, 1.165) is 0 Å². The number of hydrogen-bond acceptors (Lipinski definition) is 5. The molecule has 5 atom stereocenters. The molecule has 1 fully saturated rings. The Morgan fingerprint density at radius 1 is 1.00 bits per heavy atom. The summed E-state index contributed by atoms with van der Waals surface area (Å²) in [5, 5.41) is 36.7. The molecule has 72 valence electrons. The Kier molecular flexibility index (Phi) is 3.45. The highest BCUT2D eigenvalue weighted by molar-refractivity contribution is 9.09. The van der Waals surface area contributed by atoms with Crippen LogP contribution < -0.4 is 0 Å². The van der Waals surface area contributed by atoms with Crippen LogP contribution in [-0.2, 0) is 4.74 Å². The molecule has 0 saturated carbocycles. The topological polar surface area (TPSA) is 90.2 Å². The Hall–Kier alpha value is 0.280. The van der Waals surface area contributed by atoms with Crippen LogP contribution >= 0.6 is 15.9 Å². The Morgan fingerprint density at radius 2 is 1.58 bits per heavy atom. The van der Waals surface area contributed by atoms with Crippen LogP contribution in [0.15, 0.2) is 0 Å². The highest BCUT2D eigenvalue weighted by Gasteiger charge is 2.42. The number of rotatable bonds is 1. The lowest BCUT2D eigenvalue weighted by molar-refractivity contribution is -0.276. The predicted octanol–water partition coefficient (Wildman–Crippen LogP) is -1.82. The number of halogens is 1. The fraction of sp³-hybridized carbons (Fsp3) is 1.00. The summed E-state index contributed by atoms with van der Waals surface area (Å²) >= 11 is 3.04. The number of alkyl halides is 1. The fourth-order valence-corrected chi connectivity index (χ4v) is 1.59. The minimum atomic E-state index is -1.45. The molecule has 4 N–H and O–H groups in total. The molecule has 0 aromatic carbocycles. The van der Waals surface area contributed by atoms with E-state index in [-0.39, 0.29) is 5.33 Å². The van der Waals surface area contributed by atoms with Gasteiger partial charge in [0.15, 0.2) is 6.29 Å². The molecule has 0 aromatic rings. The summed E-state index contributed by atoms with van der Waals surface area (Å²) in [5.41, 5.74) is 0. The summed E-state index contributed by atoms with van der Waals surface area (Å²) in [6.07, 6.45) is -6.13. The maximum absolute atomic E-state index is 9.25. The largest absolute Gasteiger partial charge is 0.388 e. The molecule has 1 aliphatic heterocycles. The number of hydrogen-bond donors (Lipinski definition) is 4. The molecule has 1 saturated heterocycles. The van der Waals surface area contributed by atoms with Gasteiger partial charge in [0, 0.05) is 5.33 Å². The van der Waals surface area contributed by atoms with Crippen molar-refractivity contribution in [1.29, 1.82) is 0 Å². The SMILES string of the molecule is O[C@@H]1[C@H](O)[C@H](O)O[C@H](CBr)[C@H]1O. The molecule has 0 unspecified atom stereocenters. The van der Waals surface area contributed by atoms with Gasteiger partial charge >= 0.3 is 0 Å². The first-order valence-electron chi connectivity index (χ1n) is 3.51. The van der Waals surface area contributed by atoms with Gasteiger partial charge in [0.2, 0.25) is 0 Å². The summed E-state index contributed by atoms with van der Waals surface area (Å²) < 4.78 is 4.78. The normalized spacial score (nSPS) is 49.2. The smallest absolute Gasteiger partial charge is 0.183 e. The first kappa shape index (κ1) is 10.4. The highest BCUT2D eigenvalue weighted by Crippen LogP contribution is 2.20. The third-order valence-corrected chi connectivity index (χ3v) is 2.48. The van der Waals surface area contributed by atoms with Crippen molar-refractivity contribution in [1.82, 2.24) is 0 Å². The molecule has 12 heavy (non-hydrogen) atoms. The van der Waals surface area contributed by atoms with Crippen molar-refractivity contribution in [2.75, 3.05) is 5.33 Å². The molecule has 5 nitrogen and oxygen atoms in total. The van der Waals surface area contributed by atoms with Gasteiger partial charge in [-0.3, -0.25) is 0 Å². The van der Waals surface area contributed by atoms with Gasteiger partial charge in [-0.05, 0) is 0 Å². The molecular formula is C6H11BrO5. The van der Waals surface area contributed by atoms with Crippen LogP contribution in [0.2, 0.25) is 0 Å². The molecule has 0 spiro atoms. The van der Waals surface area contributed by atoms with Crippen molar-refractivity contribution in [3.05, 3.63) is 0 Å². The van der Waals surface area contributed by atoms with E-state index in [0.29, 0.717) is 0 Å². The second kappa shape index (κ2) is 3.99. The Labute approximate surface area is 77.7 Å². The average Bonchev–Trinajstić information content (AvgIpc) is 2.08. The molecule has 0 aliphatic carbocycles. The van der Waals surface area contributed by atoms with E-state index >= 15 is 0 Å². The molecule has 0 bridgehead atoms. The molecule has 6 heteroatoms. The standard InChI is InChI=1S/C6H11BrO5/c7-1-2-3(8)4(9)5(10)6(11)12-2/h2-6,8-11H,1H2/t2-,3-,4+,5+,6-/m1/s1. The Bertz CT molecular complexity index is 150. The van der Waals surface area contributed by atoms with Crippen molar-refractivity contribution in [2.45, 2.75) is 30.7 Å². The molecule has 1 aliphatic rings. The third-order valence-electron chi connectivity index (χ3n) is 1.84. The first-order chi connectivity index (χ1) is 5.57. The molecule has 0 amide bonds. The minimum absolute atomic E-state index is 0.287. The third kappa shape index (κ3) is 1.78. The zero-order valence-electron chi connectivity index (χ0n) is 6.17. The van der Waals surface area contributed by atoms with E-state index in [4.69, 9.17) is 20.1 Å². The summed E-state index contributed by atoms with van der Waals surface area (Å²) in [6, 6.07) is 0.